The molecule has 0 unspecified atom stereocenters. The molecule has 0 amide bonds. The van der Waals surface area contributed by atoms with E-state index in [9.17, 15) is 5.11 Å². The van der Waals surface area contributed by atoms with Gasteiger partial charge in [0.05, 0.1) is 11.2 Å². The summed E-state index contributed by atoms with van der Waals surface area (Å²) in [6.07, 6.45) is 5.49. The van der Waals surface area contributed by atoms with Crippen LogP contribution in [0.5, 0.6) is 0 Å². The third-order valence-electron chi connectivity index (χ3n) is 3.30. The molecule has 1 fully saturated rings. The van der Waals surface area contributed by atoms with Crippen molar-refractivity contribution in [2.24, 2.45) is 0 Å². The highest BCUT2D eigenvalue weighted by atomic mass is 16.3. The van der Waals surface area contributed by atoms with Gasteiger partial charge in [-0.2, -0.15) is 5.10 Å². The van der Waals surface area contributed by atoms with Crippen molar-refractivity contribution >= 4 is 5.69 Å². The summed E-state index contributed by atoms with van der Waals surface area (Å²) in [5.41, 5.74) is 6.35. The van der Waals surface area contributed by atoms with E-state index in [0.29, 0.717) is 11.4 Å². The number of aromatic nitrogens is 2. The fraction of sp³-hybridized carbons (Fsp3) is 0.750. The molecule has 0 bridgehead atoms. The first-order valence-corrected chi connectivity index (χ1v) is 5.91. The van der Waals surface area contributed by atoms with Crippen molar-refractivity contribution in [3.8, 4) is 0 Å². The standard InChI is InChI=1S/C12H21N3O/c1-11(2,3)15-8-9(13)10(14-15)12(16)6-4-5-7-12/h8,16H,4-7,13H2,1-3H3. The van der Waals surface area contributed by atoms with Crippen molar-refractivity contribution in [3.05, 3.63) is 11.9 Å². The minimum absolute atomic E-state index is 0.0959. The molecule has 0 atom stereocenters. The Kier molecular flexibility index (Phi) is 2.49. The second-order valence-electron chi connectivity index (χ2n) is 5.79. The number of aliphatic hydroxyl groups is 1. The fourth-order valence-corrected chi connectivity index (χ4v) is 2.29. The first kappa shape index (κ1) is 11.5. The molecule has 1 aromatic rings. The second kappa shape index (κ2) is 3.48. The molecule has 16 heavy (non-hydrogen) atoms. The van der Waals surface area contributed by atoms with E-state index in [1.165, 1.54) is 0 Å². The maximum Gasteiger partial charge on any atom is 0.117 e. The number of nitrogens with zero attached hydrogens (tertiary/aromatic N) is 2. The van der Waals surface area contributed by atoms with Gasteiger partial charge in [-0.25, -0.2) is 0 Å². The topological polar surface area (TPSA) is 64.1 Å². The highest BCUT2D eigenvalue weighted by Gasteiger charge is 2.37. The lowest BCUT2D eigenvalue weighted by atomic mass is 9.97. The molecule has 0 spiro atoms. The lowest BCUT2D eigenvalue weighted by Crippen LogP contribution is -2.26. The minimum Gasteiger partial charge on any atom is -0.396 e. The van der Waals surface area contributed by atoms with Gasteiger partial charge in [0.1, 0.15) is 11.3 Å². The lowest BCUT2D eigenvalue weighted by Gasteiger charge is -2.22. The summed E-state index contributed by atoms with van der Waals surface area (Å²) in [5.74, 6) is 0. The maximum absolute atomic E-state index is 10.5. The van der Waals surface area contributed by atoms with Crippen molar-refractivity contribution in [1.82, 2.24) is 9.78 Å². The van der Waals surface area contributed by atoms with Gasteiger partial charge in [-0.1, -0.05) is 12.8 Å². The van der Waals surface area contributed by atoms with Gasteiger partial charge < -0.3 is 10.8 Å². The largest absolute Gasteiger partial charge is 0.396 e. The highest BCUT2D eigenvalue weighted by molar-refractivity contribution is 5.44. The summed E-state index contributed by atoms with van der Waals surface area (Å²) in [6, 6.07) is 0. The van der Waals surface area contributed by atoms with Crippen molar-refractivity contribution < 1.29 is 5.11 Å². The Labute approximate surface area is 96.5 Å². The molecule has 1 aliphatic rings. The molecular formula is C12H21N3O. The van der Waals surface area contributed by atoms with E-state index in [2.05, 4.69) is 25.9 Å². The SMILES string of the molecule is CC(C)(C)n1cc(N)c(C2(O)CCCC2)n1. The predicted molar refractivity (Wildman–Crippen MR) is 64.0 cm³/mol. The van der Waals surface area contributed by atoms with Gasteiger partial charge in [-0.05, 0) is 33.6 Å². The van der Waals surface area contributed by atoms with Crippen LogP contribution in [-0.2, 0) is 11.1 Å². The third kappa shape index (κ3) is 1.82. The molecule has 0 aromatic carbocycles. The molecule has 0 aliphatic heterocycles. The van der Waals surface area contributed by atoms with Gasteiger partial charge in [0.15, 0.2) is 0 Å². The first-order valence-electron chi connectivity index (χ1n) is 5.91. The number of hydrogen-bond acceptors (Lipinski definition) is 3. The van der Waals surface area contributed by atoms with Crippen LogP contribution in [0, 0.1) is 0 Å². The lowest BCUT2D eigenvalue weighted by molar-refractivity contribution is 0.0394. The molecule has 4 nitrogen and oxygen atoms in total. The average molecular weight is 223 g/mol. The zero-order valence-electron chi connectivity index (χ0n) is 10.3. The van der Waals surface area contributed by atoms with Gasteiger partial charge in [0.2, 0.25) is 0 Å². The van der Waals surface area contributed by atoms with Gasteiger partial charge in [0, 0.05) is 6.20 Å². The number of rotatable bonds is 1. The molecular weight excluding hydrogens is 202 g/mol. The van der Waals surface area contributed by atoms with E-state index < -0.39 is 5.60 Å². The van der Waals surface area contributed by atoms with Gasteiger partial charge >= 0.3 is 0 Å². The quantitative estimate of drug-likeness (QED) is 0.765. The number of nitrogen functional groups attached to an aromatic ring is 1. The summed E-state index contributed by atoms with van der Waals surface area (Å²) in [7, 11) is 0. The van der Waals surface area contributed by atoms with Crippen molar-refractivity contribution in [1.29, 1.82) is 0 Å². The molecule has 0 radical (unpaired) electrons. The smallest absolute Gasteiger partial charge is 0.117 e. The van der Waals surface area contributed by atoms with Crippen molar-refractivity contribution in [2.45, 2.75) is 57.6 Å². The molecule has 1 heterocycles. The Morgan fingerprint density at radius 2 is 1.94 bits per heavy atom. The van der Waals surface area contributed by atoms with Crippen LogP contribution in [0.3, 0.4) is 0 Å². The van der Waals surface area contributed by atoms with Crippen LogP contribution in [0.25, 0.3) is 0 Å². The van der Waals surface area contributed by atoms with E-state index in [4.69, 9.17) is 5.73 Å². The Balaban J connectivity index is 2.39. The molecule has 2 rings (SSSR count). The number of nitrogens with two attached hydrogens (primary N) is 1. The van der Waals surface area contributed by atoms with E-state index in [0.717, 1.165) is 25.7 Å². The van der Waals surface area contributed by atoms with E-state index >= 15 is 0 Å². The van der Waals surface area contributed by atoms with Crippen LogP contribution in [-0.4, -0.2) is 14.9 Å². The second-order valence-corrected chi connectivity index (χ2v) is 5.79. The summed E-state index contributed by atoms with van der Waals surface area (Å²) >= 11 is 0. The number of anilines is 1. The molecule has 1 saturated carbocycles. The van der Waals surface area contributed by atoms with E-state index in [1.54, 1.807) is 0 Å². The first-order chi connectivity index (χ1) is 7.33. The molecule has 1 aliphatic carbocycles. The molecule has 1 aromatic heterocycles. The minimum atomic E-state index is -0.791. The van der Waals surface area contributed by atoms with Crippen LogP contribution in [0.15, 0.2) is 6.20 Å². The Morgan fingerprint density at radius 3 is 2.38 bits per heavy atom. The molecule has 0 saturated heterocycles. The summed E-state index contributed by atoms with van der Waals surface area (Å²) < 4.78 is 1.84. The average Bonchev–Trinajstić information content (AvgIpc) is 2.71. The predicted octanol–water partition coefficient (Wildman–Crippen LogP) is 1.98. The molecule has 90 valence electrons. The normalized spacial score (nSPS) is 20.2. The third-order valence-corrected chi connectivity index (χ3v) is 3.30. The van der Waals surface area contributed by atoms with E-state index in [1.807, 2.05) is 10.9 Å². The fourth-order valence-electron chi connectivity index (χ4n) is 2.29. The van der Waals surface area contributed by atoms with Crippen LogP contribution in [0.2, 0.25) is 0 Å². The van der Waals surface area contributed by atoms with Crippen LogP contribution in [0.4, 0.5) is 5.69 Å². The zero-order chi connectivity index (χ0) is 12.0. The Hall–Kier alpha value is -1.03. The molecule has 3 N–H and O–H groups in total. The van der Waals surface area contributed by atoms with Crippen LogP contribution >= 0.6 is 0 Å². The summed E-state index contributed by atoms with van der Waals surface area (Å²) in [5, 5.41) is 14.9. The van der Waals surface area contributed by atoms with Crippen LogP contribution < -0.4 is 5.73 Å². The van der Waals surface area contributed by atoms with Gasteiger partial charge in [-0.15, -0.1) is 0 Å². The van der Waals surface area contributed by atoms with Crippen molar-refractivity contribution in [2.75, 3.05) is 5.73 Å². The summed E-state index contributed by atoms with van der Waals surface area (Å²) in [6.45, 7) is 6.21. The van der Waals surface area contributed by atoms with Crippen LogP contribution in [0.1, 0.15) is 52.1 Å². The number of hydrogen-bond donors (Lipinski definition) is 2. The summed E-state index contributed by atoms with van der Waals surface area (Å²) in [4.78, 5) is 0. The molecule has 4 heteroatoms. The highest BCUT2D eigenvalue weighted by Crippen LogP contribution is 2.40. The van der Waals surface area contributed by atoms with Crippen molar-refractivity contribution in [3.63, 3.8) is 0 Å². The Morgan fingerprint density at radius 1 is 1.38 bits per heavy atom. The van der Waals surface area contributed by atoms with Gasteiger partial charge in [-0.3, -0.25) is 4.68 Å². The monoisotopic (exact) mass is 223 g/mol. The zero-order valence-corrected chi connectivity index (χ0v) is 10.3. The van der Waals surface area contributed by atoms with Gasteiger partial charge in [0.25, 0.3) is 0 Å². The Bertz CT molecular complexity index is 383. The maximum atomic E-state index is 10.5. The van der Waals surface area contributed by atoms with E-state index in [-0.39, 0.29) is 5.54 Å².